The number of guanidine groups is 1. The molecule has 0 aromatic heterocycles. The fourth-order valence-electron chi connectivity index (χ4n) is 3.35. The number of aliphatic hydroxyl groups is 1. The monoisotopic (exact) mass is 383 g/mol. The Labute approximate surface area is 166 Å². The summed E-state index contributed by atoms with van der Waals surface area (Å²) in [4.78, 5) is 7.15. The van der Waals surface area contributed by atoms with Crippen LogP contribution in [0.2, 0.25) is 0 Å². The summed E-state index contributed by atoms with van der Waals surface area (Å²) in [6.07, 6.45) is 1.03. The highest BCUT2D eigenvalue weighted by Gasteiger charge is 2.18. The third kappa shape index (κ3) is 4.95. The van der Waals surface area contributed by atoms with Crippen LogP contribution < -0.4 is 14.8 Å². The van der Waals surface area contributed by atoms with Crippen molar-refractivity contribution in [1.82, 2.24) is 10.2 Å². The molecular formula is C22H29N3O3. The van der Waals surface area contributed by atoms with Crippen LogP contribution in [-0.2, 0) is 19.5 Å². The lowest BCUT2D eigenvalue weighted by Crippen LogP contribution is -2.44. The van der Waals surface area contributed by atoms with Crippen LogP contribution in [0.5, 0.6) is 11.5 Å². The normalized spacial score (nSPS) is 13.8. The summed E-state index contributed by atoms with van der Waals surface area (Å²) in [5.41, 5.74) is 3.84. The van der Waals surface area contributed by atoms with Gasteiger partial charge in [0.15, 0.2) is 17.5 Å². The van der Waals surface area contributed by atoms with E-state index in [-0.39, 0.29) is 13.2 Å². The Morgan fingerprint density at radius 2 is 2.00 bits per heavy atom. The van der Waals surface area contributed by atoms with Gasteiger partial charge in [0, 0.05) is 19.6 Å². The van der Waals surface area contributed by atoms with Crippen LogP contribution in [0, 0.1) is 0 Å². The highest BCUT2D eigenvalue weighted by atomic mass is 16.5. The summed E-state index contributed by atoms with van der Waals surface area (Å²) in [5.74, 6) is 2.21. The van der Waals surface area contributed by atoms with E-state index in [1.54, 1.807) is 7.11 Å². The first kappa shape index (κ1) is 20.0. The summed E-state index contributed by atoms with van der Waals surface area (Å²) in [5, 5.41) is 12.3. The largest absolute Gasteiger partial charge is 0.493 e. The molecule has 1 aliphatic heterocycles. The van der Waals surface area contributed by atoms with Crippen molar-refractivity contribution in [3.63, 3.8) is 0 Å². The molecular weight excluding hydrogens is 354 g/mol. The smallest absolute Gasteiger partial charge is 0.194 e. The first-order chi connectivity index (χ1) is 13.7. The Morgan fingerprint density at radius 1 is 1.18 bits per heavy atom. The van der Waals surface area contributed by atoms with E-state index in [1.165, 1.54) is 11.1 Å². The average molecular weight is 383 g/mol. The lowest BCUT2D eigenvalue weighted by Gasteiger charge is -2.31. The number of fused-ring (bicyclic) bond motifs is 1. The van der Waals surface area contributed by atoms with Crippen molar-refractivity contribution in [2.45, 2.75) is 26.4 Å². The third-order valence-electron chi connectivity index (χ3n) is 4.75. The number of nitrogens with one attached hydrogen (secondary N) is 1. The second kappa shape index (κ2) is 9.99. The fraction of sp³-hybridized carbons (Fsp3) is 0.409. The number of hydrogen-bond donors (Lipinski definition) is 2. The Morgan fingerprint density at radius 3 is 2.75 bits per heavy atom. The molecule has 0 spiro atoms. The van der Waals surface area contributed by atoms with Gasteiger partial charge in [0.1, 0.15) is 6.61 Å². The molecule has 0 amide bonds. The molecule has 0 aliphatic carbocycles. The lowest BCUT2D eigenvalue weighted by molar-refractivity contribution is 0.196. The van der Waals surface area contributed by atoms with Crippen LogP contribution >= 0.6 is 0 Å². The van der Waals surface area contributed by atoms with E-state index < -0.39 is 0 Å². The lowest BCUT2D eigenvalue weighted by atomic mass is 10.0. The van der Waals surface area contributed by atoms with Gasteiger partial charge in [-0.15, -0.1) is 0 Å². The number of aliphatic imine (C=N–C) groups is 1. The Hall–Kier alpha value is -2.73. The summed E-state index contributed by atoms with van der Waals surface area (Å²) >= 11 is 0. The van der Waals surface area contributed by atoms with Crippen molar-refractivity contribution in [1.29, 1.82) is 0 Å². The maximum absolute atomic E-state index is 8.93. The van der Waals surface area contributed by atoms with Crippen molar-refractivity contribution in [3.05, 3.63) is 59.2 Å². The number of aliphatic hydroxyl groups excluding tert-OH is 1. The van der Waals surface area contributed by atoms with Crippen molar-refractivity contribution >= 4 is 5.96 Å². The highest BCUT2D eigenvalue weighted by Crippen LogP contribution is 2.28. The van der Waals surface area contributed by atoms with Gasteiger partial charge in [0.05, 0.1) is 20.3 Å². The standard InChI is InChI=1S/C22H29N3O3/c1-3-23-22(25-11-10-18-6-4-5-7-19(18)16-25)24-15-17-8-9-20(28-13-12-26)21(14-17)27-2/h4-9,14,26H,3,10-13,15-16H2,1-2H3,(H,23,24). The molecule has 3 rings (SSSR count). The summed E-state index contributed by atoms with van der Waals surface area (Å²) < 4.78 is 10.9. The quantitative estimate of drug-likeness (QED) is 0.568. The highest BCUT2D eigenvalue weighted by molar-refractivity contribution is 5.80. The minimum absolute atomic E-state index is 0.0276. The predicted molar refractivity (Wildman–Crippen MR) is 111 cm³/mol. The van der Waals surface area contributed by atoms with Gasteiger partial charge in [-0.3, -0.25) is 0 Å². The zero-order valence-electron chi connectivity index (χ0n) is 16.6. The van der Waals surface area contributed by atoms with E-state index in [2.05, 4.69) is 41.4 Å². The molecule has 0 bridgehead atoms. The SMILES string of the molecule is CCNC(=NCc1ccc(OCCO)c(OC)c1)N1CCc2ccccc2C1. The molecule has 2 aromatic carbocycles. The minimum atomic E-state index is -0.0276. The topological polar surface area (TPSA) is 66.3 Å². The molecule has 0 atom stereocenters. The molecule has 0 unspecified atom stereocenters. The third-order valence-corrected chi connectivity index (χ3v) is 4.75. The second-order valence-electron chi connectivity index (χ2n) is 6.67. The number of ether oxygens (including phenoxy) is 2. The van der Waals surface area contributed by atoms with Gasteiger partial charge in [0.2, 0.25) is 0 Å². The zero-order chi connectivity index (χ0) is 19.8. The van der Waals surface area contributed by atoms with E-state index >= 15 is 0 Å². The van der Waals surface area contributed by atoms with Gasteiger partial charge in [-0.05, 0) is 42.2 Å². The molecule has 1 heterocycles. The van der Waals surface area contributed by atoms with Crippen molar-refractivity contribution in [2.24, 2.45) is 4.99 Å². The molecule has 0 fully saturated rings. The fourth-order valence-corrected chi connectivity index (χ4v) is 3.35. The van der Waals surface area contributed by atoms with Crippen molar-refractivity contribution < 1.29 is 14.6 Å². The van der Waals surface area contributed by atoms with E-state index in [9.17, 15) is 0 Å². The van der Waals surface area contributed by atoms with Gasteiger partial charge in [-0.1, -0.05) is 30.3 Å². The Bertz CT molecular complexity index is 807. The van der Waals surface area contributed by atoms with E-state index in [0.717, 1.165) is 37.6 Å². The van der Waals surface area contributed by atoms with Gasteiger partial charge >= 0.3 is 0 Å². The van der Waals surface area contributed by atoms with E-state index in [1.807, 2.05) is 18.2 Å². The first-order valence-electron chi connectivity index (χ1n) is 9.75. The van der Waals surface area contributed by atoms with E-state index in [0.29, 0.717) is 18.0 Å². The molecule has 0 saturated heterocycles. The number of methoxy groups -OCH3 is 1. The van der Waals surface area contributed by atoms with Crippen molar-refractivity contribution in [2.75, 3.05) is 33.4 Å². The van der Waals surface area contributed by atoms with Gasteiger partial charge < -0.3 is 24.8 Å². The summed E-state index contributed by atoms with van der Waals surface area (Å²) in [7, 11) is 1.61. The van der Waals surface area contributed by atoms with Crippen LogP contribution in [0.25, 0.3) is 0 Å². The molecule has 6 heteroatoms. The average Bonchev–Trinajstić information content (AvgIpc) is 2.75. The summed E-state index contributed by atoms with van der Waals surface area (Å²) in [6.45, 7) is 5.52. The predicted octanol–water partition coefficient (Wildman–Crippen LogP) is 2.59. The number of benzene rings is 2. The maximum atomic E-state index is 8.93. The minimum Gasteiger partial charge on any atom is -0.493 e. The van der Waals surface area contributed by atoms with E-state index in [4.69, 9.17) is 19.6 Å². The Kier molecular flexibility index (Phi) is 7.14. The molecule has 1 aliphatic rings. The first-order valence-corrected chi connectivity index (χ1v) is 9.75. The molecule has 0 saturated carbocycles. The molecule has 2 N–H and O–H groups in total. The van der Waals surface area contributed by atoms with Crippen LogP contribution in [0.4, 0.5) is 0 Å². The van der Waals surface area contributed by atoms with Gasteiger partial charge in [-0.2, -0.15) is 0 Å². The van der Waals surface area contributed by atoms with Crippen LogP contribution in [0.15, 0.2) is 47.5 Å². The van der Waals surface area contributed by atoms with Gasteiger partial charge in [-0.25, -0.2) is 4.99 Å². The number of rotatable bonds is 7. The van der Waals surface area contributed by atoms with Crippen LogP contribution in [0.3, 0.4) is 0 Å². The van der Waals surface area contributed by atoms with Crippen LogP contribution in [0.1, 0.15) is 23.6 Å². The maximum Gasteiger partial charge on any atom is 0.194 e. The van der Waals surface area contributed by atoms with Gasteiger partial charge in [0.25, 0.3) is 0 Å². The number of hydrogen-bond acceptors (Lipinski definition) is 4. The second-order valence-corrected chi connectivity index (χ2v) is 6.67. The van der Waals surface area contributed by atoms with Crippen molar-refractivity contribution in [3.8, 4) is 11.5 Å². The summed E-state index contributed by atoms with van der Waals surface area (Å²) in [6, 6.07) is 14.4. The molecule has 0 radical (unpaired) electrons. The Balaban J connectivity index is 1.73. The molecule has 28 heavy (non-hydrogen) atoms. The van der Waals surface area contributed by atoms with Crippen LogP contribution in [-0.4, -0.2) is 49.4 Å². The number of nitrogens with zero attached hydrogens (tertiary/aromatic N) is 2. The molecule has 2 aromatic rings. The molecule has 6 nitrogen and oxygen atoms in total. The zero-order valence-corrected chi connectivity index (χ0v) is 16.6. The molecule has 150 valence electrons.